The number of likely N-dealkylation sites (tertiary alicyclic amines) is 1. The predicted octanol–water partition coefficient (Wildman–Crippen LogP) is 3.91. The van der Waals surface area contributed by atoms with Gasteiger partial charge >= 0.3 is 0 Å². The van der Waals surface area contributed by atoms with Gasteiger partial charge < -0.3 is 19.7 Å². The van der Waals surface area contributed by atoms with E-state index in [2.05, 4.69) is 37.9 Å². The molecular formula is C21H40IN3O2. The van der Waals surface area contributed by atoms with Crippen LogP contribution < -0.4 is 5.32 Å². The molecule has 27 heavy (non-hydrogen) atoms. The van der Waals surface area contributed by atoms with Crippen molar-refractivity contribution in [2.75, 3.05) is 46.0 Å². The van der Waals surface area contributed by atoms with Gasteiger partial charge in [-0.2, -0.15) is 0 Å². The molecule has 0 radical (unpaired) electrons. The Morgan fingerprint density at radius 2 is 1.93 bits per heavy atom. The molecular weight excluding hydrogens is 453 g/mol. The molecule has 0 aromatic rings. The lowest BCUT2D eigenvalue weighted by molar-refractivity contribution is -0.0824. The molecule has 0 aromatic heterocycles. The van der Waals surface area contributed by atoms with Crippen molar-refractivity contribution in [2.45, 2.75) is 65.9 Å². The van der Waals surface area contributed by atoms with Gasteiger partial charge in [-0.15, -0.1) is 24.0 Å². The van der Waals surface area contributed by atoms with Crippen molar-refractivity contribution in [1.29, 1.82) is 0 Å². The minimum absolute atomic E-state index is 0. The lowest BCUT2D eigenvalue weighted by Crippen LogP contribution is -2.44. The van der Waals surface area contributed by atoms with Gasteiger partial charge in [0.1, 0.15) is 0 Å². The van der Waals surface area contributed by atoms with Gasteiger partial charge in [0.2, 0.25) is 0 Å². The molecule has 3 aliphatic rings. The number of guanidine groups is 1. The van der Waals surface area contributed by atoms with Crippen LogP contribution in [0, 0.1) is 16.7 Å². The Bertz CT molecular complexity index is 486. The summed E-state index contributed by atoms with van der Waals surface area (Å²) in [5.41, 5.74) is 0.634. The zero-order chi connectivity index (χ0) is 18.6. The normalized spacial score (nSPS) is 28.9. The number of nitrogens with one attached hydrogen (secondary N) is 1. The van der Waals surface area contributed by atoms with E-state index in [0.29, 0.717) is 17.4 Å². The highest BCUT2D eigenvalue weighted by Gasteiger charge is 2.40. The number of hydrogen-bond acceptors (Lipinski definition) is 3. The summed E-state index contributed by atoms with van der Waals surface area (Å²) in [5.74, 6) is 1.63. The van der Waals surface area contributed by atoms with Crippen molar-refractivity contribution < 1.29 is 9.47 Å². The molecule has 0 aliphatic carbocycles. The summed E-state index contributed by atoms with van der Waals surface area (Å²) in [6, 6.07) is 0. The largest absolute Gasteiger partial charge is 0.381 e. The lowest BCUT2D eigenvalue weighted by atomic mass is 9.78. The van der Waals surface area contributed by atoms with Crippen LogP contribution in [0.15, 0.2) is 4.99 Å². The first-order chi connectivity index (χ1) is 12.4. The Hall–Kier alpha value is -0.0800. The maximum Gasteiger partial charge on any atom is 0.193 e. The second kappa shape index (κ2) is 10.1. The summed E-state index contributed by atoms with van der Waals surface area (Å²) in [6.45, 7) is 15.8. The van der Waals surface area contributed by atoms with Gasteiger partial charge in [-0.3, -0.25) is 4.99 Å². The molecule has 3 aliphatic heterocycles. The van der Waals surface area contributed by atoms with Crippen LogP contribution in [0.3, 0.4) is 0 Å². The molecule has 158 valence electrons. The first kappa shape index (κ1) is 23.2. The predicted molar refractivity (Wildman–Crippen MR) is 122 cm³/mol. The van der Waals surface area contributed by atoms with E-state index >= 15 is 0 Å². The quantitative estimate of drug-likeness (QED) is 0.368. The Balaban J connectivity index is 0.00000261. The van der Waals surface area contributed by atoms with Crippen LogP contribution in [-0.2, 0) is 9.47 Å². The summed E-state index contributed by atoms with van der Waals surface area (Å²) in [5, 5.41) is 3.54. The van der Waals surface area contributed by atoms with Gasteiger partial charge in [0.25, 0.3) is 0 Å². The van der Waals surface area contributed by atoms with Gasteiger partial charge in [0.15, 0.2) is 5.96 Å². The van der Waals surface area contributed by atoms with E-state index in [9.17, 15) is 0 Å². The fourth-order valence-electron chi connectivity index (χ4n) is 4.95. The molecule has 2 unspecified atom stereocenters. The maximum absolute atomic E-state index is 6.15. The van der Waals surface area contributed by atoms with Crippen molar-refractivity contribution in [3.05, 3.63) is 0 Å². The van der Waals surface area contributed by atoms with Crippen molar-refractivity contribution in [2.24, 2.45) is 21.7 Å². The second-order valence-corrected chi connectivity index (χ2v) is 9.54. The van der Waals surface area contributed by atoms with E-state index in [0.717, 1.165) is 58.4 Å². The number of ether oxygens (including phenoxy) is 2. The highest BCUT2D eigenvalue weighted by molar-refractivity contribution is 14.0. The Morgan fingerprint density at radius 3 is 2.59 bits per heavy atom. The lowest BCUT2D eigenvalue weighted by Gasteiger charge is -2.39. The molecule has 0 saturated carbocycles. The number of aliphatic imine (C=N–C) groups is 1. The molecule has 0 aromatic carbocycles. The highest BCUT2D eigenvalue weighted by Crippen LogP contribution is 2.40. The van der Waals surface area contributed by atoms with Crippen molar-refractivity contribution in [3.8, 4) is 0 Å². The van der Waals surface area contributed by atoms with E-state index in [4.69, 9.17) is 14.5 Å². The summed E-state index contributed by atoms with van der Waals surface area (Å²) >= 11 is 0. The Morgan fingerprint density at radius 1 is 1.19 bits per heavy atom. The Labute approximate surface area is 183 Å². The Kier molecular flexibility index (Phi) is 8.68. The van der Waals surface area contributed by atoms with Crippen molar-refractivity contribution in [1.82, 2.24) is 10.2 Å². The summed E-state index contributed by atoms with van der Waals surface area (Å²) < 4.78 is 11.7. The molecule has 5 nitrogen and oxygen atoms in total. The third-order valence-electron chi connectivity index (χ3n) is 6.40. The number of hydrogen-bond donors (Lipinski definition) is 1. The van der Waals surface area contributed by atoms with Crippen LogP contribution in [0.4, 0.5) is 0 Å². The first-order valence-electron chi connectivity index (χ1n) is 10.7. The second-order valence-electron chi connectivity index (χ2n) is 9.54. The maximum atomic E-state index is 6.15. The summed E-state index contributed by atoms with van der Waals surface area (Å²) in [6.07, 6.45) is 6.38. The average molecular weight is 493 g/mol. The highest BCUT2D eigenvalue weighted by atomic mass is 127. The fraction of sp³-hybridized carbons (Fsp3) is 0.952. The molecule has 0 bridgehead atoms. The molecule has 6 heteroatoms. The standard InChI is InChI=1S/C21H39N3O2.HI/c1-5-22-19(24-11-8-21(16-24)9-13-25-14-10-21)23-15-17-7-6-12-26-18(17)20(2,3)4;/h17-18H,5-16H2,1-4H3,(H,22,23);1H. The van der Waals surface area contributed by atoms with E-state index in [1.54, 1.807) is 0 Å². The molecule has 3 saturated heterocycles. The smallest absolute Gasteiger partial charge is 0.193 e. The molecule has 0 amide bonds. The van der Waals surface area contributed by atoms with Gasteiger partial charge in [-0.25, -0.2) is 0 Å². The van der Waals surface area contributed by atoms with Crippen LogP contribution in [0.1, 0.15) is 59.8 Å². The van der Waals surface area contributed by atoms with Crippen LogP contribution in [0.5, 0.6) is 0 Å². The van der Waals surface area contributed by atoms with E-state index in [1.807, 2.05) is 0 Å². The molecule has 1 N–H and O–H groups in total. The number of nitrogens with zero attached hydrogens (tertiary/aromatic N) is 2. The summed E-state index contributed by atoms with van der Waals surface area (Å²) in [4.78, 5) is 7.57. The van der Waals surface area contributed by atoms with Gasteiger partial charge in [-0.05, 0) is 49.9 Å². The molecule has 3 rings (SSSR count). The van der Waals surface area contributed by atoms with Crippen LogP contribution >= 0.6 is 24.0 Å². The number of halogens is 1. The average Bonchev–Trinajstić information content (AvgIpc) is 3.02. The van der Waals surface area contributed by atoms with E-state index in [-0.39, 0.29) is 29.4 Å². The minimum Gasteiger partial charge on any atom is -0.381 e. The first-order valence-corrected chi connectivity index (χ1v) is 10.7. The van der Waals surface area contributed by atoms with Gasteiger partial charge in [0, 0.05) is 51.9 Å². The zero-order valence-electron chi connectivity index (χ0n) is 17.8. The SMILES string of the molecule is CCNC(=NCC1CCCOC1C(C)(C)C)N1CCC2(CCOCC2)C1.I. The minimum atomic E-state index is 0. The molecule has 3 fully saturated rings. The van der Waals surface area contributed by atoms with E-state index < -0.39 is 0 Å². The van der Waals surface area contributed by atoms with Crippen LogP contribution in [0.25, 0.3) is 0 Å². The van der Waals surface area contributed by atoms with Crippen molar-refractivity contribution in [3.63, 3.8) is 0 Å². The number of rotatable bonds is 3. The molecule has 3 heterocycles. The molecule has 2 atom stereocenters. The van der Waals surface area contributed by atoms with Crippen molar-refractivity contribution >= 4 is 29.9 Å². The van der Waals surface area contributed by atoms with Crippen LogP contribution in [0.2, 0.25) is 0 Å². The topological polar surface area (TPSA) is 46.1 Å². The van der Waals surface area contributed by atoms with Gasteiger partial charge in [-0.1, -0.05) is 20.8 Å². The third kappa shape index (κ3) is 5.95. The van der Waals surface area contributed by atoms with E-state index in [1.165, 1.54) is 25.7 Å². The third-order valence-corrected chi connectivity index (χ3v) is 6.40. The van der Waals surface area contributed by atoms with Crippen LogP contribution in [-0.4, -0.2) is 63.0 Å². The molecule has 1 spiro atoms. The van der Waals surface area contributed by atoms with Gasteiger partial charge in [0.05, 0.1) is 6.10 Å². The monoisotopic (exact) mass is 493 g/mol. The zero-order valence-corrected chi connectivity index (χ0v) is 20.1. The fourth-order valence-corrected chi connectivity index (χ4v) is 4.95. The summed E-state index contributed by atoms with van der Waals surface area (Å²) in [7, 11) is 0.